The second kappa shape index (κ2) is 9.17. The van der Waals surface area contributed by atoms with E-state index >= 15 is 0 Å². The van der Waals surface area contributed by atoms with Crippen molar-refractivity contribution in [2.75, 3.05) is 5.32 Å². The maximum Gasteiger partial charge on any atom is 0.322 e. The number of anilines is 1. The molecule has 2 amide bonds. The van der Waals surface area contributed by atoms with Crippen molar-refractivity contribution in [1.29, 1.82) is 0 Å². The van der Waals surface area contributed by atoms with E-state index in [4.69, 9.17) is 4.98 Å². The molecule has 37 heavy (non-hydrogen) atoms. The van der Waals surface area contributed by atoms with E-state index in [9.17, 15) is 14.0 Å². The molecule has 6 rings (SSSR count). The maximum absolute atomic E-state index is 14.0. The number of amides is 2. The predicted molar refractivity (Wildman–Crippen MR) is 143 cm³/mol. The second-order valence-corrected chi connectivity index (χ2v) is 9.34. The number of nitrogens with one attached hydrogen (secondary N) is 1. The molecule has 0 fully saturated rings. The molecule has 184 valence electrons. The Hall–Kier alpha value is -4.52. The molecule has 1 aliphatic heterocycles. The van der Waals surface area contributed by atoms with Gasteiger partial charge in [0.1, 0.15) is 11.6 Å². The van der Waals surface area contributed by atoms with Crippen LogP contribution in [0.4, 0.5) is 14.9 Å². The van der Waals surface area contributed by atoms with Gasteiger partial charge in [-0.05, 0) is 42.5 Å². The van der Waals surface area contributed by atoms with Crippen molar-refractivity contribution in [3.8, 4) is 0 Å². The minimum atomic E-state index is -0.467. The standard InChI is InChI=1S/C30H25FN4O2/c1-19(20-8-3-2-4-9-20)35(30(37)33-25-13-7-11-21-10-5-6-12-23(21)25)27-16-17-34-28(27)32-26-18-22(31)14-15-24(26)29(34)36/h2-15,18-19,27H,16-17H2,1H3,(H,33,37). The van der Waals surface area contributed by atoms with Gasteiger partial charge in [-0.1, -0.05) is 66.7 Å². The highest BCUT2D eigenvalue weighted by Crippen LogP contribution is 2.37. The minimum Gasteiger partial charge on any atom is -0.308 e. The van der Waals surface area contributed by atoms with Crippen LogP contribution >= 0.6 is 0 Å². The number of benzene rings is 4. The zero-order valence-electron chi connectivity index (χ0n) is 20.3. The fourth-order valence-electron chi connectivity index (χ4n) is 5.32. The van der Waals surface area contributed by atoms with Crippen molar-refractivity contribution in [2.24, 2.45) is 0 Å². The van der Waals surface area contributed by atoms with Gasteiger partial charge in [0.2, 0.25) is 0 Å². The first-order chi connectivity index (χ1) is 18.0. The number of nitrogens with zero attached hydrogens (tertiary/aromatic N) is 3. The SMILES string of the molecule is CC(c1ccccc1)N(C(=O)Nc1cccc2ccccc12)C1CCn2c1nc1cc(F)ccc1c2=O. The molecule has 6 nitrogen and oxygen atoms in total. The first kappa shape index (κ1) is 22.9. The summed E-state index contributed by atoms with van der Waals surface area (Å²) in [6.45, 7) is 2.40. The third-order valence-corrected chi connectivity index (χ3v) is 7.17. The molecular formula is C30H25FN4O2. The van der Waals surface area contributed by atoms with Crippen LogP contribution in [-0.2, 0) is 6.54 Å². The molecule has 0 bridgehead atoms. The van der Waals surface area contributed by atoms with E-state index in [1.54, 1.807) is 9.47 Å². The number of carbonyl (C=O) groups excluding carboxylic acids is 1. The van der Waals surface area contributed by atoms with Crippen molar-refractivity contribution in [3.05, 3.63) is 119 Å². The van der Waals surface area contributed by atoms with Crippen LogP contribution in [0.3, 0.4) is 0 Å². The smallest absolute Gasteiger partial charge is 0.308 e. The Morgan fingerprint density at radius 3 is 2.59 bits per heavy atom. The fourth-order valence-corrected chi connectivity index (χ4v) is 5.32. The van der Waals surface area contributed by atoms with Gasteiger partial charge < -0.3 is 10.2 Å². The molecule has 1 N–H and O–H groups in total. The molecule has 4 aromatic carbocycles. The summed E-state index contributed by atoms with van der Waals surface area (Å²) in [6.07, 6.45) is 0.529. The molecule has 0 saturated carbocycles. The van der Waals surface area contributed by atoms with Gasteiger partial charge in [-0.3, -0.25) is 9.36 Å². The van der Waals surface area contributed by atoms with E-state index in [1.165, 1.54) is 18.2 Å². The molecular weight excluding hydrogens is 467 g/mol. The molecule has 1 aromatic heterocycles. The Bertz CT molecular complexity index is 1690. The van der Waals surface area contributed by atoms with Gasteiger partial charge in [0.05, 0.1) is 28.7 Å². The number of urea groups is 1. The Morgan fingerprint density at radius 2 is 1.76 bits per heavy atom. The number of carbonyl (C=O) groups is 1. The summed E-state index contributed by atoms with van der Waals surface area (Å²) < 4.78 is 15.6. The number of hydrogen-bond acceptors (Lipinski definition) is 3. The predicted octanol–water partition coefficient (Wildman–Crippen LogP) is 6.43. The van der Waals surface area contributed by atoms with Gasteiger partial charge in [-0.25, -0.2) is 14.2 Å². The van der Waals surface area contributed by atoms with Crippen LogP contribution in [0.25, 0.3) is 21.7 Å². The van der Waals surface area contributed by atoms with E-state index < -0.39 is 11.9 Å². The Morgan fingerprint density at radius 1 is 1.00 bits per heavy atom. The maximum atomic E-state index is 14.0. The van der Waals surface area contributed by atoms with E-state index in [0.717, 1.165) is 16.3 Å². The molecule has 5 aromatic rings. The van der Waals surface area contributed by atoms with E-state index in [-0.39, 0.29) is 17.6 Å². The summed E-state index contributed by atoms with van der Waals surface area (Å²) in [7, 11) is 0. The van der Waals surface area contributed by atoms with Gasteiger partial charge in [0, 0.05) is 18.0 Å². The van der Waals surface area contributed by atoms with Gasteiger partial charge in [0.15, 0.2) is 0 Å². The lowest BCUT2D eigenvalue weighted by atomic mass is 10.0. The van der Waals surface area contributed by atoms with Crippen LogP contribution in [0.2, 0.25) is 0 Å². The summed E-state index contributed by atoms with van der Waals surface area (Å²) in [4.78, 5) is 33.7. The van der Waals surface area contributed by atoms with Crippen molar-refractivity contribution < 1.29 is 9.18 Å². The molecule has 0 radical (unpaired) electrons. The van der Waals surface area contributed by atoms with Crippen LogP contribution in [-0.4, -0.2) is 20.5 Å². The zero-order chi connectivity index (χ0) is 25.5. The normalized spacial score (nSPS) is 15.5. The summed E-state index contributed by atoms with van der Waals surface area (Å²) in [6, 6.07) is 26.4. The van der Waals surface area contributed by atoms with E-state index in [0.29, 0.717) is 35.4 Å². The van der Waals surface area contributed by atoms with Crippen LogP contribution in [0.15, 0.2) is 95.8 Å². The third kappa shape index (κ3) is 4.02. The highest BCUT2D eigenvalue weighted by Gasteiger charge is 2.37. The molecule has 0 aliphatic carbocycles. The molecule has 1 aliphatic rings. The zero-order valence-corrected chi connectivity index (χ0v) is 20.3. The number of hydrogen-bond donors (Lipinski definition) is 1. The van der Waals surface area contributed by atoms with Crippen LogP contribution < -0.4 is 10.9 Å². The molecule has 7 heteroatoms. The first-order valence-electron chi connectivity index (χ1n) is 12.3. The summed E-state index contributed by atoms with van der Waals surface area (Å²) in [5.41, 5.74) is 1.75. The van der Waals surface area contributed by atoms with Gasteiger partial charge in [-0.15, -0.1) is 0 Å². The van der Waals surface area contributed by atoms with Gasteiger partial charge in [-0.2, -0.15) is 0 Å². The van der Waals surface area contributed by atoms with Crippen LogP contribution in [0.1, 0.15) is 36.8 Å². The molecule has 2 heterocycles. The summed E-state index contributed by atoms with van der Waals surface area (Å²) in [5.74, 6) is 0.0149. The lowest BCUT2D eigenvalue weighted by Crippen LogP contribution is -2.40. The quantitative estimate of drug-likeness (QED) is 0.314. The van der Waals surface area contributed by atoms with E-state index in [1.807, 2.05) is 79.7 Å². The number of rotatable bonds is 4. The van der Waals surface area contributed by atoms with Crippen LogP contribution in [0.5, 0.6) is 0 Å². The van der Waals surface area contributed by atoms with Gasteiger partial charge >= 0.3 is 6.03 Å². The lowest BCUT2D eigenvalue weighted by Gasteiger charge is -2.34. The number of halogens is 1. The van der Waals surface area contributed by atoms with Crippen molar-refractivity contribution in [1.82, 2.24) is 14.5 Å². The second-order valence-electron chi connectivity index (χ2n) is 9.34. The Balaban J connectivity index is 1.45. The average Bonchev–Trinajstić information content (AvgIpc) is 3.33. The Kier molecular flexibility index (Phi) is 5.68. The summed E-state index contributed by atoms with van der Waals surface area (Å²) in [5, 5.41) is 5.45. The largest absolute Gasteiger partial charge is 0.322 e. The molecule has 2 atom stereocenters. The van der Waals surface area contributed by atoms with Crippen molar-refractivity contribution >= 4 is 33.4 Å². The van der Waals surface area contributed by atoms with Crippen molar-refractivity contribution in [3.63, 3.8) is 0 Å². The van der Waals surface area contributed by atoms with Gasteiger partial charge in [0.25, 0.3) is 5.56 Å². The molecule has 0 saturated heterocycles. The number of fused-ring (bicyclic) bond motifs is 3. The summed E-state index contributed by atoms with van der Waals surface area (Å²) >= 11 is 0. The first-order valence-corrected chi connectivity index (χ1v) is 12.3. The highest BCUT2D eigenvalue weighted by atomic mass is 19.1. The highest BCUT2D eigenvalue weighted by molar-refractivity contribution is 6.01. The minimum absolute atomic E-state index is 0.218. The van der Waals surface area contributed by atoms with Crippen molar-refractivity contribution in [2.45, 2.75) is 32.0 Å². The lowest BCUT2D eigenvalue weighted by molar-refractivity contribution is 0.159. The fraction of sp³-hybridized carbons (Fsp3) is 0.167. The Labute approximate surface area is 213 Å². The third-order valence-electron chi connectivity index (χ3n) is 7.17. The topological polar surface area (TPSA) is 67.2 Å². The van der Waals surface area contributed by atoms with E-state index in [2.05, 4.69) is 5.32 Å². The molecule has 2 unspecified atom stereocenters. The molecule has 0 spiro atoms. The number of aromatic nitrogens is 2. The van der Waals surface area contributed by atoms with Crippen LogP contribution in [0, 0.1) is 5.82 Å². The average molecular weight is 493 g/mol. The monoisotopic (exact) mass is 492 g/mol.